The molecule has 0 radical (unpaired) electrons. The third-order valence-corrected chi connectivity index (χ3v) is 5.21. The molecule has 2 aromatic rings. The molecule has 8 nitrogen and oxygen atoms in total. The van der Waals surface area contributed by atoms with E-state index in [-0.39, 0.29) is 15.5 Å². The average molecular weight is 328 g/mol. The molecule has 1 aromatic heterocycles. The first kappa shape index (κ1) is 14.9. The van der Waals surface area contributed by atoms with Gasteiger partial charge in [0.1, 0.15) is 9.90 Å². The van der Waals surface area contributed by atoms with Gasteiger partial charge in [-0.05, 0) is 23.6 Å². The number of carbonyl (C=O) groups is 1. The molecule has 0 aliphatic heterocycles. The number of anilines is 1. The van der Waals surface area contributed by atoms with Gasteiger partial charge in [0.2, 0.25) is 0 Å². The zero-order valence-corrected chi connectivity index (χ0v) is 11.8. The molecule has 10 heteroatoms. The highest BCUT2D eigenvalue weighted by atomic mass is 32.2. The molecular weight excluding hydrogens is 320 g/mol. The van der Waals surface area contributed by atoms with Crippen LogP contribution in [0.4, 0.5) is 11.4 Å². The summed E-state index contributed by atoms with van der Waals surface area (Å²) in [5.74, 6) is -1.34. The fourth-order valence-electron chi connectivity index (χ4n) is 1.51. The Bertz CT molecular complexity index is 798. The zero-order chi connectivity index (χ0) is 15.6. The van der Waals surface area contributed by atoms with Gasteiger partial charge in [0.15, 0.2) is 0 Å². The highest BCUT2D eigenvalue weighted by Crippen LogP contribution is 2.29. The van der Waals surface area contributed by atoms with Crippen molar-refractivity contribution in [2.75, 3.05) is 4.72 Å². The maximum absolute atomic E-state index is 12.0. The quantitative estimate of drug-likeness (QED) is 0.639. The lowest BCUT2D eigenvalue weighted by Gasteiger charge is -2.07. The molecule has 0 atom stereocenters. The number of nitro benzene ring substituents is 1. The van der Waals surface area contributed by atoms with Gasteiger partial charge in [0.25, 0.3) is 15.7 Å². The van der Waals surface area contributed by atoms with Crippen LogP contribution in [0.15, 0.2) is 39.9 Å². The highest BCUT2D eigenvalue weighted by molar-refractivity contribution is 7.94. The Balaban J connectivity index is 2.45. The van der Waals surface area contributed by atoms with E-state index in [2.05, 4.69) is 4.72 Å². The van der Waals surface area contributed by atoms with Gasteiger partial charge in [-0.2, -0.15) is 0 Å². The lowest BCUT2D eigenvalue weighted by atomic mass is 10.2. The van der Waals surface area contributed by atoms with E-state index >= 15 is 0 Å². The number of nitrogens with zero attached hydrogens (tertiary/aromatic N) is 1. The van der Waals surface area contributed by atoms with Gasteiger partial charge < -0.3 is 5.11 Å². The number of nitro groups is 1. The third kappa shape index (κ3) is 3.17. The van der Waals surface area contributed by atoms with Gasteiger partial charge in [0.05, 0.1) is 10.5 Å². The van der Waals surface area contributed by atoms with Gasteiger partial charge in [-0.3, -0.25) is 14.8 Å². The smallest absolute Gasteiger partial charge is 0.335 e. The molecule has 0 aliphatic rings. The number of hydrogen-bond donors (Lipinski definition) is 2. The Morgan fingerprint density at radius 3 is 2.57 bits per heavy atom. The van der Waals surface area contributed by atoms with Crippen LogP contribution in [0, 0.1) is 10.1 Å². The van der Waals surface area contributed by atoms with Crippen molar-refractivity contribution in [2.24, 2.45) is 0 Å². The van der Waals surface area contributed by atoms with Crippen LogP contribution in [0.1, 0.15) is 10.4 Å². The Morgan fingerprint density at radius 2 is 2.05 bits per heavy atom. The van der Waals surface area contributed by atoms with Crippen LogP contribution in [0.2, 0.25) is 0 Å². The molecule has 0 spiro atoms. The predicted molar refractivity (Wildman–Crippen MR) is 75.2 cm³/mol. The molecule has 0 unspecified atom stereocenters. The van der Waals surface area contributed by atoms with Crippen LogP contribution in [-0.4, -0.2) is 24.4 Å². The van der Waals surface area contributed by atoms with E-state index in [0.29, 0.717) is 0 Å². The molecule has 110 valence electrons. The van der Waals surface area contributed by atoms with Crippen molar-refractivity contribution in [3.8, 4) is 0 Å². The van der Waals surface area contributed by atoms with Crippen LogP contribution < -0.4 is 4.72 Å². The van der Waals surface area contributed by atoms with E-state index in [0.717, 1.165) is 29.5 Å². The van der Waals surface area contributed by atoms with Crippen molar-refractivity contribution in [1.29, 1.82) is 0 Å². The van der Waals surface area contributed by atoms with Gasteiger partial charge >= 0.3 is 5.97 Å². The molecule has 0 aliphatic carbocycles. The summed E-state index contributed by atoms with van der Waals surface area (Å²) in [6.45, 7) is 0. The lowest BCUT2D eigenvalue weighted by molar-refractivity contribution is -0.383. The Morgan fingerprint density at radius 1 is 1.33 bits per heavy atom. The van der Waals surface area contributed by atoms with Crippen LogP contribution in [0.5, 0.6) is 0 Å². The third-order valence-electron chi connectivity index (χ3n) is 2.45. The van der Waals surface area contributed by atoms with Crippen molar-refractivity contribution in [3.05, 3.63) is 51.4 Å². The molecule has 1 heterocycles. The first-order valence-corrected chi connectivity index (χ1v) is 7.75. The average Bonchev–Trinajstić information content (AvgIpc) is 2.92. The molecule has 0 fully saturated rings. The van der Waals surface area contributed by atoms with Crippen LogP contribution in [-0.2, 0) is 10.0 Å². The number of carboxylic acids is 1. The highest BCUT2D eigenvalue weighted by Gasteiger charge is 2.23. The summed E-state index contributed by atoms with van der Waals surface area (Å²) < 4.78 is 26.1. The molecule has 0 saturated heterocycles. The number of nitrogens with one attached hydrogen (secondary N) is 1. The summed E-state index contributed by atoms with van der Waals surface area (Å²) in [7, 11) is -3.94. The maximum Gasteiger partial charge on any atom is 0.335 e. The maximum atomic E-state index is 12.0. The van der Waals surface area contributed by atoms with Gasteiger partial charge in [-0.25, -0.2) is 13.2 Å². The lowest BCUT2D eigenvalue weighted by Crippen LogP contribution is -2.13. The minimum Gasteiger partial charge on any atom is -0.478 e. The van der Waals surface area contributed by atoms with Crippen molar-refractivity contribution < 1.29 is 23.2 Å². The summed E-state index contributed by atoms with van der Waals surface area (Å²) in [4.78, 5) is 20.9. The fourth-order valence-corrected chi connectivity index (χ4v) is 3.58. The number of rotatable bonds is 5. The molecule has 1 aromatic carbocycles. The molecule has 2 N–H and O–H groups in total. The number of thiophene rings is 1. The van der Waals surface area contributed by atoms with Crippen molar-refractivity contribution in [3.63, 3.8) is 0 Å². The predicted octanol–water partition coefficient (Wildman–Crippen LogP) is 2.16. The second-order valence-corrected chi connectivity index (χ2v) is 6.69. The largest absolute Gasteiger partial charge is 0.478 e. The molecular formula is C11H8N2O6S2. The van der Waals surface area contributed by atoms with Gasteiger partial charge in [-0.15, -0.1) is 11.3 Å². The van der Waals surface area contributed by atoms with E-state index in [9.17, 15) is 23.3 Å². The first-order valence-electron chi connectivity index (χ1n) is 5.39. The van der Waals surface area contributed by atoms with Gasteiger partial charge in [0, 0.05) is 6.07 Å². The van der Waals surface area contributed by atoms with Crippen LogP contribution in [0.25, 0.3) is 0 Å². The molecule has 0 amide bonds. The second-order valence-electron chi connectivity index (χ2n) is 3.83. The van der Waals surface area contributed by atoms with E-state index < -0.39 is 26.6 Å². The Hall–Kier alpha value is -2.46. The summed E-state index contributed by atoms with van der Waals surface area (Å²) in [5, 5.41) is 21.3. The van der Waals surface area contributed by atoms with E-state index in [4.69, 9.17) is 5.11 Å². The van der Waals surface area contributed by atoms with E-state index in [1.807, 2.05) is 0 Å². The Kier molecular flexibility index (Phi) is 3.91. The van der Waals surface area contributed by atoms with Gasteiger partial charge in [-0.1, -0.05) is 6.07 Å². The summed E-state index contributed by atoms with van der Waals surface area (Å²) in [6.07, 6.45) is 0. The zero-order valence-electron chi connectivity index (χ0n) is 10.2. The van der Waals surface area contributed by atoms with Crippen molar-refractivity contribution >= 4 is 38.7 Å². The molecule has 0 bridgehead atoms. The second kappa shape index (κ2) is 5.50. The first-order chi connectivity index (χ1) is 9.81. The molecule has 21 heavy (non-hydrogen) atoms. The Labute approximate surface area is 122 Å². The number of hydrogen-bond acceptors (Lipinski definition) is 6. The van der Waals surface area contributed by atoms with E-state index in [1.165, 1.54) is 12.1 Å². The van der Waals surface area contributed by atoms with E-state index in [1.54, 1.807) is 5.38 Å². The monoisotopic (exact) mass is 328 g/mol. The van der Waals surface area contributed by atoms with Crippen molar-refractivity contribution in [2.45, 2.75) is 4.21 Å². The number of benzene rings is 1. The van der Waals surface area contributed by atoms with Crippen LogP contribution >= 0.6 is 11.3 Å². The standard InChI is InChI=1S/C11H8N2O6S2/c14-11(15)7-3-4-8(9(6-7)13(16)17)12-21(18,19)10-2-1-5-20-10/h1-6,12H,(H,14,15). The molecule has 0 saturated carbocycles. The molecule has 2 rings (SSSR count). The normalized spacial score (nSPS) is 11.0. The fraction of sp³-hybridized carbons (Fsp3) is 0. The topological polar surface area (TPSA) is 127 Å². The SMILES string of the molecule is O=C(O)c1ccc(NS(=O)(=O)c2cccs2)c([N+](=O)[O-])c1. The van der Waals surface area contributed by atoms with Crippen LogP contribution in [0.3, 0.4) is 0 Å². The van der Waals surface area contributed by atoms with Crippen molar-refractivity contribution in [1.82, 2.24) is 0 Å². The minimum atomic E-state index is -3.94. The number of carboxylic acid groups (broad SMARTS) is 1. The number of sulfonamides is 1. The summed E-state index contributed by atoms with van der Waals surface area (Å²) in [5.41, 5.74) is -1.23. The minimum absolute atomic E-state index is 0.000825. The summed E-state index contributed by atoms with van der Waals surface area (Å²) in [6, 6.07) is 5.81. The number of aromatic carboxylic acids is 1. The summed E-state index contributed by atoms with van der Waals surface area (Å²) >= 11 is 0.957.